The summed E-state index contributed by atoms with van der Waals surface area (Å²) < 4.78 is 29.3. The lowest BCUT2D eigenvalue weighted by Gasteiger charge is -2.17. The van der Waals surface area contributed by atoms with E-state index >= 15 is 0 Å². The van der Waals surface area contributed by atoms with Gasteiger partial charge in [-0.2, -0.15) is 4.72 Å². The van der Waals surface area contributed by atoms with Gasteiger partial charge in [0.2, 0.25) is 0 Å². The van der Waals surface area contributed by atoms with Gasteiger partial charge in [0.15, 0.2) is 0 Å². The minimum Gasteiger partial charge on any atom is -0.289 e. The molecule has 3 atom stereocenters. The summed E-state index contributed by atoms with van der Waals surface area (Å²) in [4.78, 5) is 13.5. The van der Waals surface area contributed by atoms with Crippen LogP contribution in [0.2, 0.25) is 5.02 Å². The summed E-state index contributed by atoms with van der Waals surface area (Å²) in [7, 11) is -4.00. The van der Waals surface area contributed by atoms with Crippen molar-refractivity contribution in [3.8, 4) is 10.4 Å². The maximum Gasteiger partial charge on any atom is 0.265 e. The first-order valence-electron chi connectivity index (χ1n) is 9.79. The maximum absolute atomic E-state index is 13.3. The van der Waals surface area contributed by atoms with E-state index in [2.05, 4.69) is 4.72 Å². The molecule has 1 saturated carbocycles. The summed E-state index contributed by atoms with van der Waals surface area (Å²) in [5, 5.41) is 10.0. The Bertz CT molecular complexity index is 1270. The van der Waals surface area contributed by atoms with Gasteiger partial charge in [-0.15, -0.1) is 11.3 Å². The van der Waals surface area contributed by atoms with Crippen LogP contribution in [0.25, 0.3) is 10.4 Å². The molecule has 3 unspecified atom stereocenters. The molecule has 6 nitrogen and oxygen atoms in total. The molecule has 0 radical (unpaired) electrons. The Balaban J connectivity index is 1.49. The third kappa shape index (κ3) is 3.30. The number of hydrogen-bond donors (Lipinski definition) is 3. The van der Waals surface area contributed by atoms with Crippen LogP contribution in [0, 0.1) is 5.92 Å². The summed E-state index contributed by atoms with van der Waals surface area (Å²) in [6.07, 6.45) is 1.43. The molecule has 1 fully saturated rings. The molecule has 2 aromatic carbocycles. The van der Waals surface area contributed by atoms with Crippen molar-refractivity contribution >= 4 is 38.9 Å². The fourth-order valence-electron chi connectivity index (χ4n) is 4.79. The van der Waals surface area contributed by atoms with Gasteiger partial charge < -0.3 is 0 Å². The van der Waals surface area contributed by atoms with Crippen molar-refractivity contribution in [3.05, 3.63) is 76.8 Å². The fraction of sp³-hybridized carbons (Fsp3) is 0.227. The van der Waals surface area contributed by atoms with Crippen LogP contribution >= 0.6 is 22.9 Å². The number of amides is 1. The molecule has 2 aliphatic carbocycles. The molecule has 2 aliphatic rings. The molecule has 1 heterocycles. The third-order valence-electron chi connectivity index (χ3n) is 6.24. The molecule has 9 heteroatoms. The second-order valence-electron chi connectivity index (χ2n) is 7.86. The lowest BCUT2D eigenvalue weighted by atomic mass is 9.92. The second kappa shape index (κ2) is 7.43. The number of sulfonamides is 1. The third-order valence-corrected chi connectivity index (χ3v) is 9.60. The zero-order valence-electron chi connectivity index (χ0n) is 16.2. The van der Waals surface area contributed by atoms with Crippen molar-refractivity contribution in [2.45, 2.75) is 28.5 Å². The number of carbonyl (C=O) groups is 1. The van der Waals surface area contributed by atoms with E-state index in [4.69, 9.17) is 11.6 Å². The van der Waals surface area contributed by atoms with Gasteiger partial charge in [-0.1, -0.05) is 48.0 Å². The van der Waals surface area contributed by atoms with Crippen LogP contribution in [0.4, 0.5) is 0 Å². The molecule has 31 heavy (non-hydrogen) atoms. The molecule has 0 bridgehead atoms. The Labute approximate surface area is 188 Å². The van der Waals surface area contributed by atoms with Crippen LogP contribution in [-0.4, -0.2) is 25.1 Å². The van der Waals surface area contributed by atoms with Crippen LogP contribution in [0.1, 0.15) is 23.5 Å². The van der Waals surface area contributed by atoms with Gasteiger partial charge in [0.1, 0.15) is 9.75 Å². The zero-order chi connectivity index (χ0) is 21.8. The highest BCUT2D eigenvalue weighted by Crippen LogP contribution is 2.63. The van der Waals surface area contributed by atoms with Crippen molar-refractivity contribution in [2.24, 2.45) is 5.92 Å². The van der Waals surface area contributed by atoms with E-state index in [1.807, 2.05) is 36.4 Å². The first-order chi connectivity index (χ1) is 14.9. The van der Waals surface area contributed by atoms with Gasteiger partial charge in [-0.25, -0.2) is 13.9 Å². The standard InChI is InChI=1S/C22H19ClN2O4S2/c23-15-8-5-14(6-9-15)18-11-12-19(30-18)31(28,29)25-22(21(26)24-27)17-10-7-13-3-1-2-4-16(13)20(17)22/h1-6,8-9,11-12,17,20,25,27H,7,10H2,(H,24,26). The van der Waals surface area contributed by atoms with Crippen molar-refractivity contribution in [1.29, 1.82) is 0 Å². The minimum absolute atomic E-state index is 0.111. The Morgan fingerprint density at radius 3 is 2.58 bits per heavy atom. The Kier molecular flexibility index (Phi) is 4.95. The highest BCUT2D eigenvalue weighted by Gasteiger charge is 2.72. The van der Waals surface area contributed by atoms with Crippen LogP contribution < -0.4 is 10.2 Å². The van der Waals surface area contributed by atoms with Crippen molar-refractivity contribution in [3.63, 3.8) is 0 Å². The number of aryl methyl sites for hydroxylation is 1. The van der Waals surface area contributed by atoms with Gasteiger partial charge in [0, 0.05) is 15.8 Å². The summed E-state index contributed by atoms with van der Waals surface area (Å²) in [6.45, 7) is 0. The van der Waals surface area contributed by atoms with Gasteiger partial charge in [-0.05, 0) is 59.7 Å². The lowest BCUT2D eigenvalue weighted by molar-refractivity contribution is -0.132. The van der Waals surface area contributed by atoms with Gasteiger partial charge in [-0.3, -0.25) is 10.0 Å². The van der Waals surface area contributed by atoms with Crippen LogP contribution in [0.5, 0.6) is 0 Å². The quantitative estimate of drug-likeness (QED) is 0.385. The number of nitrogens with one attached hydrogen (secondary N) is 2. The molecule has 160 valence electrons. The van der Waals surface area contributed by atoms with E-state index in [0.29, 0.717) is 11.4 Å². The highest BCUT2D eigenvalue weighted by atomic mass is 35.5. The summed E-state index contributed by atoms with van der Waals surface area (Å²) in [5.74, 6) is -1.24. The number of hydrogen-bond acceptors (Lipinski definition) is 5. The monoisotopic (exact) mass is 474 g/mol. The molecule has 3 N–H and O–H groups in total. The molecule has 1 amide bonds. The second-order valence-corrected chi connectivity index (χ2v) is 11.3. The molecule has 1 aromatic heterocycles. The smallest absolute Gasteiger partial charge is 0.265 e. The topological polar surface area (TPSA) is 95.5 Å². The summed E-state index contributed by atoms with van der Waals surface area (Å²) >= 11 is 7.05. The molecule has 0 saturated heterocycles. The zero-order valence-corrected chi connectivity index (χ0v) is 18.6. The van der Waals surface area contributed by atoms with Crippen molar-refractivity contribution in [1.82, 2.24) is 10.2 Å². The highest BCUT2D eigenvalue weighted by molar-refractivity contribution is 7.91. The fourth-order valence-corrected chi connectivity index (χ4v) is 7.65. The van der Waals surface area contributed by atoms with Crippen LogP contribution in [0.3, 0.4) is 0 Å². The van der Waals surface area contributed by atoms with E-state index in [-0.39, 0.29) is 16.0 Å². The Morgan fingerprint density at radius 2 is 1.84 bits per heavy atom. The van der Waals surface area contributed by atoms with Gasteiger partial charge >= 0.3 is 0 Å². The first-order valence-corrected chi connectivity index (χ1v) is 12.5. The predicted octanol–water partition coefficient (Wildman–Crippen LogP) is 3.95. The number of fused-ring (bicyclic) bond motifs is 3. The van der Waals surface area contributed by atoms with E-state index in [1.54, 1.807) is 23.7 Å². The number of carbonyl (C=O) groups excluding carboxylic acids is 1. The number of hydroxylamine groups is 1. The summed E-state index contributed by atoms with van der Waals surface area (Å²) in [5.41, 5.74) is 3.21. The van der Waals surface area contributed by atoms with Crippen molar-refractivity contribution < 1.29 is 18.4 Å². The molecular weight excluding hydrogens is 456 g/mol. The number of benzene rings is 2. The predicted molar refractivity (Wildman–Crippen MR) is 119 cm³/mol. The molecular formula is C22H19ClN2O4S2. The average molecular weight is 475 g/mol. The van der Waals surface area contributed by atoms with Crippen LogP contribution in [-0.2, 0) is 21.2 Å². The normalized spacial score (nSPS) is 24.2. The van der Waals surface area contributed by atoms with Crippen molar-refractivity contribution in [2.75, 3.05) is 0 Å². The average Bonchev–Trinajstić information content (AvgIpc) is 3.15. The lowest BCUT2D eigenvalue weighted by Crippen LogP contribution is -2.50. The van der Waals surface area contributed by atoms with E-state index in [1.165, 1.54) is 6.07 Å². The summed E-state index contributed by atoms with van der Waals surface area (Å²) in [6, 6.07) is 18.1. The number of rotatable bonds is 5. The molecule has 0 aliphatic heterocycles. The first kappa shape index (κ1) is 20.7. The largest absolute Gasteiger partial charge is 0.289 e. The van der Waals surface area contributed by atoms with E-state index in [9.17, 15) is 18.4 Å². The minimum atomic E-state index is -4.00. The molecule has 0 spiro atoms. The number of halogens is 1. The SMILES string of the molecule is O=C(NO)C1(NS(=O)(=O)c2ccc(-c3ccc(Cl)cc3)s2)C2CCc3ccccc3C21. The molecule has 3 aromatic rings. The van der Waals surface area contributed by atoms with E-state index in [0.717, 1.165) is 39.3 Å². The number of thiophene rings is 1. The van der Waals surface area contributed by atoms with Gasteiger partial charge in [0.25, 0.3) is 15.9 Å². The van der Waals surface area contributed by atoms with Crippen LogP contribution in [0.15, 0.2) is 64.9 Å². The Morgan fingerprint density at radius 1 is 1.10 bits per heavy atom. The Hall–Kier alpha value is -2.23. The maximum atomic E-state index is 13.3. The van der Waals surface area contributed by atoms with Gasteiger partial charge in [0.05, 0.1) is 0 Å². The van der Waals surface area contributed by atoms with E-state index < -0.39 is 21.5 Å². The molecule has 5 rings (SSSR count).